The number of aromatic amines is 2. The van der Waals surface area contributed by atoms with Gasteiger partial charge in [0.1, 0.15) is 0 Å². The molecule has 5 heteroatoms. The van der Waals surface area contributed by atoms with Gasteiger partial charge in [0, 0.05) is 56.1 Å². The summed E-state index contributed by atoms with van der Waals surface area (Å²) in [6.07, 6.45) is 4.12. The summed E-state index contributed by atoms with van der Waals surface area (Å²) in [5, 5.41) is 5.03. The third-order valence-electron chi connectivity index (χ3n) is 8.20. The highest BCUT2D eigenvalue weighted by molar-refractivity contribution is 6.35. The Hall–Kier alpha value is -4.93. The lowest BCUT2D eigenvalue weighted by atomic mass is 9.94. The summed E-state index contributed by atoms with van der Waals surface area (Å²) in [5.41, 5.74) is 12.5. The van der Waals surface area contributed by atoms with Crippen molar-refractivity contribution >= 4 is 55.2 Å². The molecule has 0 radical (unpaired) electrons. The van der Waals surface area contributed by atoms with Gasteiger partial charge in [0.05, 0.1) is 27.4 Å². The van der Waals surface area contributed by atoms with Gasteiger partial charge in [-0.3, -0.25) is 0 Å². The van der Waals surface area contributed by atoms with Crippen molar-refractivity contribution in [1.29, 1.82) is 0 Å². The van der Waals surface area contributed by atoms with Gasteiger partial charge in [-0.25, -0.2) is 9.97 Å². The topological polar surface area (TPSA) is 57.4 Å². The summed E-state index contributed by atoms with van der Waals surface area (Å²) in [7, 11) is 0. The number of nitrogens with one attached hydrogen (secondary N) is 2. The molecule has 4 heterocycles. The van der Waals surface area contributed by atoms with Gasteiger partial charge in [0.15, 0.2) is 0 Å². The van der Waals surface area contributed by atoms with Crippen LogP contribution in [0.2, 0.25) is 5.02 Å². The van der Waals surface area contributed by atoms with Crippen LogP contribution in [0.4, 0.5) is 0 Å². The van der Waals surface area contributed by atoms with Crippen LogP contribution in [0, 0.1) is 13.8 Å². The first-order valence-corrected chi connectivity index (χ1v) is 14.1. The molecule has 0 amide bonds. The smallest absolute Gasteiger partial charge is 0.0901 e. The number of pyridine rings is 2. The summed E-state index contributed by atoms with van der Waals surface area (Å²) >= 11 is 6.82. The van der Waals surface area contributed by atoms with Crippen molar-refractivity contribution in [1.82, 2.24) is 19.9 Å². The molecule has 0 aliphatic heterocycles. The van der Waals surface area contributed by atoms with E-state index in [-0.39, 0.29) is 0 Å². The summed E-state index contributed by atoms with van der Waals surface area (Å²) in [5.74, 6) is 0. The van der Waals surface area contributed by atoms with Crippen LogP contribution in [0.25, 0.3) is 77.3 Å². The molecule has 4 aromatic carbocycles. The van der Waals surface area contributed by atoms with E-state index < -0.39 is 0 Å². The molecule has 0 saturated heterocycles. The van der Waals surface area contributed by atoms with Crippen LogP contribution in [0.3, 0.4) is 0 Å². The number of fused-ring (bicyclic) bond motifs is 4. The molecule has 0 atom stereocenters. The maximum absolute atomic E-state index is 6.82. The summed E-state index contributed by atoms with van der Waals surface area (Å²) in [4.78, 5) is 17.2. The fourth-order valence-electron chi connectivity index (χ4n) is 6.15. The average molecular weight is 549 g/mol. The SMILES string of the molecule is Cc1cccc2c(-c3cc(-c4cc(-c5c[nH]c6c(C)cccc56)nc5c(Cl)cccc45)c4ccccc4n3)c[nH]c12. The third-order valence-corrected chi connectivity index (χ3v) is 8.50. The Labute approximate surface area is 241 Å². The highest BCUT2D eigenvalue weighted by Gasteiger charge is 2.19. The van der Waals surface area contributed by atoms with Crippen LogP contribution < -0.4 is 0 Å². The predicted molar refractivity (Wildman–Crippen MR) is 172 cm³/mol. The minimum absolute atomic E-state index is 0.632. The van der Waals surface area contributed by atoms with Crippen LogP contribution in [-0.2, 0) is 0 Å². The highest BCUT2D eigenvalue weighted by atomic mass is 35.5. The van der Waals surface area contributed by atoms with Gasteiger partial charge in [-0.15, -0.1) is 0 Å². The van der Waals surface area contributed by atoms with Crippen molar-refractivity contribution in [2.45, 2.75) is 13.8 Å². The van der Waals surface area contributed by atoms with E-state index in [4.69, 9.17) is 21.6 Å². The van der Waals surface area contributed by atoms with Crippen LogP contribution in [-0.4, -0.2) is 19.9 Å². The second kappa shape index (κ2) is 9.05. The Kier molecular flexibility index (Phi) is 5.28. The van der Waals surface area contributed by atoms with E-state index in [0.29, 0.717) is 5.02 Å². The fourth-order valence-corrected chi connectivity index (χ4v) is 6.36. The van der Waals surface area contributed by atoms with E-state index in [0.717, 1.165) is 77.3 Å². The standard InChI is InChI=1S/C36H25ClN4/c1-20-8-5-11-24-28(18-38-34(20)24)32-16-26(22-10-3-4-15-31(22)40-32)27-17-33(41-36-23(27)13-7-14-30(36)37)29-19-39-35-21(2)9-6-12-25(29)35/h3-19,38-39H,1-2H3. The third kappa shape index (κ3) is 3.68. The second-order valence-electron chi connectivity index (χ2n) is 10.7. The number of halogens is 1. The fraction of sp³-hybridized carbons (Fsp3) is 0.0556. The number of nitrogens with zero attached hydrogens (tertiary/aromatic N) is 2. The molecule has 0 aliphatic carbocycles. The molecule has 8 rings (SSSR count). The molecule has 8 aromatic rings. The van der Waals surface area contributed by atoms with E-state index in [9.17, 15) is 0 Å². The first-order valence-electron chi connectivity index (χ1n) is 13.7. The number of rotatable bonds is 3. The molecule has 0 saturated carbocycles. The van der Waals surface area contributed by atoms with E-state index in [1.54, 1.807) is 0 Å². The number of hydrogen-bond acceptors (Lipinski definition) is 2. The Morgan fingerprint density at radius 3 is 1.76 bits per heavy atom. The van der Waals surface area contributed by atoms with Crippen LogP contribution in [0.5, 0.6) is 0 Å². The Balaban J connectivity index is 1.46. The number of para-hydroxylation sites is 4. The molecule has 196 valence electrons. The lowest BCUT2D eigenvalue weighted by Crippen LogP contribution is -1.94. The quantitative estimate of drug-likeness (QED) is 0.231. The van der Waals surface area contributed by atoms with E-state index in [2.05, 4.69) is 109 Å². The maximum atomic E-state index is 6.82. The van der Waals surface area contributed by atoms with Crippen LogP contribution >= 0.6 is 11.6 Å². The van der Waals surface area contributed by atoms with Crippen molar-refractivity contribution in [2.24, 2.45) is 0 Å². The number of aromatic nitrogens is 4. The summed E-state index contributed by atoms with van der Waals surface area (Å²) in [6, 6.07) is 31.5. The zero-order valence-electron chi connectivity index (χ0n) is 22.6. The molecule has 4 aromatic heterocycles. The molecule has 0 bridgehead atoms. The monoisotopic (exact) mass is 548 g/mol. The minimum Gasteiger partial charge on any atom is -0.360 e. The molecular weight excluding hydrogens is 524 g/mol. The van der Waals surface area contributed by atoms with Crippen LogP contribution in [0.15, 0.2) is 103 Å². The average Bonchev–Trinajstić information content (AvgIpc) is 3.63. The molecule has 0 spiro atoms. The van der Waals surface area contributed by atoms with Gasteiger partial charge in [0.2, 0.25) is 0 Å². The van der Waals surface area contributed by atoms with Gasteiger partial charge >= 0.3 is 0 Å². The molecule has 0 aliphatic rings. The zero-order valence-corrected chi connectivity index (χ0v) is 23.3. The van der Waals surface area contributed by atoms with Crippen molar-refractivity contribution < 1.29 is 0 Å². The number of hydrogen-bond donors (Lipinski definition) is 2. The van der Waals surface area contributed by atoms with Gasteiger partial charge in [-0.05, 0) is 60.4 Å². The number of aryl methyl sites for hydroxylation is 2. The van der Waals surface area contributed by atoms with Crippen molar-refractivity contribution in [3.05, 3.63) is 120 Å². The van der Waals surface area contributed by atoms with Gasteiger partial charge in [-0.2, -0.15) is 0 Å². The first kappa shape index (κ1) is 23.9. The molecule has 4 nitrogen and oxygen atoms in total. The molecule has 0 fully saturated rings. The largest absolute Gasteiger partial charge is 0.360 e. The Morgan fingerprint density at radius 1 is 0.537 bits per heavy atom. The van der Waals surface area contributed by atoms with Crippen molar-refractivity contribution in [3.63, 3.8) is 0 Å². The molecule has 2 N–H and O–H groups in total. The second-order valence-corrected chi connectivity index (χ2v) is 11.1. The van der Waals surface area contributed by atoms with Crippen molar-refractivity contribution in [2.75, 3.05) is 0 Å². The normalized spacial score (nSPS) is 11.8. The number of benzene rings is 4. The lowest BCUT2D eigenvalue weighted by Gasteiger charge is -2.14. The summed E-state index contributed by atoms with van der Waals surface area (Å²) in [6.45, 7) is 4.25. The van der Waals surface area contributed by atoms with Gasteiger partial charge < -0.3 is 9.97 Å². The number of H-pyrrole nitrogens is 2. The predicted octanol–water partition coefficient (Wildman–Crippen LogP) is 10.0. The Bertz CT molecular complexity index is 2310. The molecule has 41 heavy (non-hydrogen) atoms. The lowest BCUT2D eigenvalue weighted by molar-refractivity contribution is 1.38. The highest BCUT2D eigenvalue weighted by Crippen LogP contribution is 2.41. The van der Waals surface area contributed by atoms with Crippen molar-refractivity contribution in [3.8, 4) is 33.6 Å². The molecular formula is C36H25ClN4. The van der Waals surface area contributed by atoms with E-state index in [1.807, 2.05) is 18.2 Å². The van der Waals surface area contributed by atoms with Gasteiger partial charge in [0.25, 0.3) is 0 Å². The summed E-state index contributed by atoms with van der Waals surface area (Å²) < 4.78 is 0. The van der Waals surface area contributed by atoms with Gasteiger partial charge in [-0.1, -0.05) is 78.3 Å². The first-order chi connectivity index (χ1) is 20.1. The Morgan fingerprint density at radius 2 is 1.07 bits per heavy atom. The van der Waals surface area contributed by atoms with Crippen LogP contribution in [0.1, 0.15) is 11.1 Å². The zero-order chi connectivity index (χ0) is 27.7. The van der Waals surface area contributed by atoms with E-state index in [1.165, 1.54) is 11.1 Å². The molecule has 0 unspecified atom stereocenters. The van der Waals surface area contributed by atoms with E-state index >= 15 is 0 Å². The minimum atomic E-state index is 0.632. The maximum Gasteiger partial charge on any atom is 0.0901 e.